The lowest BCUT2D eigenvalue weighted by Gasteiger charge is -2.33. The van der Waals surface area contributed by atoms with E-state index in [9.17, 15) is 4.79 Å². The van der Waals surface area contributed by atoms with E-state index in [0.29, 0.717) is 18.1 Å². The van der Waals surface area contributed by atoms with Gasteiger partial charge < -0.3 is 9.32 Å². The molecule has 3 heterocycles. The van der Waals surface area contributed by atoms with E-state index in [2.05, 4.69) is 25.8 Å². The normalized spacial score (nSPS) is 15.9. The molecule has 1 fully saturated rings. The fourth-order valence-electron chi connectivity index (χ4n) is 3.16. The number of hydrogen-bond acceptors (Lipinski definition) is 6. The Morgan fingerprint density at radius 2 is 1.96 bits per heavy atom. The molecule has 0 bridgehead atoms. The Labute approximate surface area is 154 Å². The summed E-state index contributed by atoms with van der Waals surface area (Å²) in [4.78, 5) is 27.2. The molecule has 2 aromatic heterocycles. The zero-order chi connectivity index (χ0) is 18.4. The quantitative estimate of drug-likeness (QED) is 0.754. The van der Waals surface area contributed by atoms with Crippen LogP contribution in [0.15, 0.2) is 35.2 Å². The highest BCUT2D eigenvalue weighted by molar-refractivity contribution is 5.91. The summed E-state index contributed by atoms with van der Waals surface area (Å²) in [6.07, 6.45) is 6.13. The van der Waals surface area contributed by atoms with Crippen LogP contribution in [0.1, 0.15) is 35.3 Å². The summed E-state index contributed by atoms with van der Waals surface area (Å²) < 4.78 is 5.52. The molecule has 0 unspecified atom stereocenters. The van der Waals surface area contributed by atoms with Gasteiger partial charge in [0, 0.05) is 58.7 Å². The summed E-state index contributed by atoms with van der Waals surface area (Å²) in [5, 5.41) is 0. The fraction of sp³-hybridized carbons (Fsp3) is 0.526. The molecular weight excluding hydrogens is 330 g/mol. The number of nitrogens with zero attached hydrogens (tertiary/aromatic N) is 5. The number of pyridine rings is 1. The predicted octanol–water partition coefficient (Wildman–Crippen LogP) is 1.87. The average molecular weight is 357 g/mol. The van der Waals surface area contributed by atoms with Crippen molar-refractivity contribution in [3.63, 3.8) is 0 Å². The van der Waals surface area contributed by atoms with Crippen molar-refractivity contribution in [1.82, 2.24) is 24.7 Å². The molecule has 1 aliphatic heterocycles. The zero-order valence-corrected chi connectivity index (χ0v) is 15.6. The van der Waals surface area contributed by atoms with Crippen LogP contribution in [0.3, 0.4) is 0 Å². The minimum absolute atomic E-state index is 0.0804. The molecular formula is C19H27N5O2. The molecule has 0 saturated carbocycles. The second kappa shape index (κ2) is 8.91. The second-order valence-corrected chi connectivity index (χ2v) is 6.77. The van der Waals surface area contributed by atoms with E-state index in [4.69, 9.17) is 4.42 Å². The van der Waals surface area contributed by atoms with E-state index in [1.165, 1.54) is 11.8 Å². The van der Waals surface area contributed by atoms with Gasteiger partial charge in [-0.15, -0.1) is 0 Å². The lowest BCUT2D eigenvalue weighted by atomic mass is 10.2. The Hall–Kier alpha value is -2.25. The lowest BCUT2D eigenvalue weighted by molar-refractivity contribution is 0.0789. The summed E-state index contributed by atoms with van der Waals surface area (Å²) in [6, 6.07) is 4.09. The number of hydrogen-bond donors (Lipinski definition) is 0. The third-order valence-electron chi connectivity index (χ3n) is 4.63. The molecule has 7 heteroatoms. The molecule has 0 aliphatic carbocycles. The van der Waals surface area contributed by atoms with Crippen molar-refractivity contribution >= 4 is 5.91 Å². The Morgan fingerprint density at radius 1 is 1.23 bits per heavy atom. The predicted molar refractivity (Wildman–Crippen MR) is 98.5 cm³/mol. The Kier molecular flexibility index (Phi) is 6.35. The summed E-state index contributed by atoms with van der Waals surface area (Å²) in [6.45, 7) is 8.27. The maximum Gasteiger partial charge on any atom is 0.275 e. The molecule has 1 saturated heterocycles. The van der Waals surface area contributed by atoms with Gasteiger partial charge in [0.2, 0.25) is 5.89 Å². The first-order valence-corrected chi connectivity index (χ1v) is 9.19. The lowest BCUT2D eigenvalue weighted by Crippen LogP contribution is -2.45. The molecule has 2 aromatic rings. The third kappa shape index (κ3) is 4.89. The number of aromatic nitrogens is 2. The molecule has 140 valence electrons. The molecule has 7 nitrogen and oxygen atoms in total. The maximum atomic E-state index is 12.2. The van der Waals surface area contributed by atoms with E-state index in [1.807, 2.05) is 19.2 Å². The van der Waals surface area contributed by atoms with Crippen LogP contribution in [0.25, 0.3) is 0 Å². The van der Waals surface area contributed by atoms with Crippen molar-refractivity contribution in [2.24, 2.45) is 0 Å². The van der Waals surface area contributed by atoms with Crippen LogP contribution in [0, 0.1) is 0 Å². The molecule has 1 aliphatic rings. The van der Waals surface area contributed by atoms with E-state index >= 15 is 0 Å². The van der Waals surface area contributed by atoms with Gasteiger partial charge in [0.25, 0.3) is 5.91 Å². The molecule has 1 amide bonds. The van der Waals surface area contributed by atoms with E-state index < -0.39 is 0 Å². The fourth-order valence-corrected chi connectivity index (χ4v) is 3.16. The number of amides is 1. The van der Waals surface area contributed by atoms with E-state index in [-0.39, 0.29) is 5.91 Å². The van der Waals surface area contributed by atoms with Gasteiger partial charge in [-0.05, 0) is 18.1 Å². The van der Waals surface area contributed by atoms with E-state index in [0.717, 1.165) is 45.7 Å². The minimum Gasteiger partial charge on any atom is -0.447 e. The average Bonchev–Trinajstić information content (AvgIpc) is 3.12. The standard InChI is InChI=1S/C19H27N5O2/c1-3-7-22(2)19(25)17-15-26-18(21-17)14-24-10-8-23(9-11-24)13-16-5-4-6-20-12-16/h4-6,12,15H,3,7-11,13-14H2,1-2H3. The highest BCUT2D eigenvalue weighted by atomic mass is 16.3. The number of oxazole rings is 1. The molecule has 0 N–H and O–H groups in total. The van der Waals surface area contributed by atoms with Gasteiger partial charge in [0.1, 0.15) is 6.26 Å². The zero-order valence-electron chi connectivity index (χ0n) is 15.6. The first-order valence-electron chi connectivity index (χ1n) is 9.19. The topological polar surface area (TPSA) is 65.7 Å². The van der Waals surface area contributed by atoms with Crippen LogP contribution >= 0.6 is 0 Å². The van der Waals surface area contributed by atoms with Crippen molar-refractivity contribution in [1.29, 1.82) is 0 Å². The molecule has 26 heavy (non-hydrogen) atoms. The van der Waals surface area contributed by atoms with Crippen molar-refractivity contribution in [2.75, 3.05) is 39.8 Å². The second-order valence-electron chi connectivity index (χ2n) is 6.77. The van der Waals surface area contributed by atoms with E-state index in [1.54, 1.807) is 18.1 Å². The van der Waals surface area contributed by atoms with Gasteiger partial charge in [-0.1, -0.05) is 13.0 Å². The largest absolute Gasteiger partial charge is 0.447 e. The van der Waals surface area contributed by atoms with Gasteiger partial charge in [0.15, 0.2) is 5.69 Å². The van der Waals surface area contributed by atoms with Crippen LogP contribution in [-0.2, 0) is 13.1 Å². The number of carbonyl (C=O) groups excluding carboxylic acids is 1. The molecule has 0 radical (unpaired) electrons. The summed E-state index contributed by atoms with van der Waals surface area (Å²) in [5.41, 5.74) is 1.64. The molecule has 0 spiro atoms. The van der Waals surface area contributed by atoms with Gasteiger partial charge in [-0.25, -0.2) is 4.98 Å². The van der Waals surface area contributed by atoms with Crippen molar-refractivity contribution in [3.05, 3.63) is 47.9 Å². The monoisotopic (exact) mass is 357 g/mol. The SMILES string of the molecule is CCCN(C)C(=O)c1coc(CN2CCN(Cc3cccnc3)CC2)n1. The van der Waals surface area contributed by atoms with Crippen LogP contribution in [0.2, 0.25) is 0 Å². The van der Waals surface area contributed by atoms with Gasteiger partial charge in [-0.3, -0.25) is 19.6 Å². The van der Waals surface area contributed by atoms with Crippen LogP contribution in [-0.4, -0.2) is 70.3 Å². The highest BCUT2D eigenvalue weighted by Gasteiger charge is 2.21. The van der Waals surface area contributed by atoms with Gasteiger partial charge in [0.05, 0.1) is 6.54 Å². The van der Waals surface area contributed by atoms with Crippen LogP contribution < -0.4 is 0 Å². The van der Waals surface area contributed by atoms with Gasteiger partial charge in [-0.2, -0.15) is 0 Å². The number of rotatable bonds is 7. The van der Waals surface area contributed by atoms with Crippen LogP contribution in [0.4, 0.5) is 0 Å². The molecule has 0 atom stereocenters. The summed E-state index contributed by atoms with van der Waals surface area (Å²) in [7, 11) is 1.79. The first-order chi connectivity index (χ1) is 12.7. The third-order valence-corrected chi connectivity index (χ3v) is 4.63. The first kappa shape index (κ1) is 18.5. The molecule has 0 aromatic carbocycles. The Balaban J connectivity index is 1.47. The smallest absolute Gasteiger partial charge is 0.275 e. The number of piperazine rings is 1. The van der Waals surface area contributed by atoms with Crippen LogP contribution in [0.5, 0.6) is 0 Å². The number of carbonyl (C=O) groups is 1. The summed E-state index contributed by atoms with van der Waals surface area (Å²) >= 11 is 0. The Bertz CT molecular complexity index is 695. The maximum absolute atomic E-state index is 12.2. The highest BCUT2D eigenvalue weighted by Crippen LogP contribution is 2.12. The summed E-state index contributed by atoms with van der Waals surface area (Å²) in [5.74, 6) is 0.530. The minimum atomic E-state index is -0.0804. The van der Waals surface area contributed by atoms with Gasteiger partial charge >= 0.3 is 0 Å². The van der Waals surface area contributed by atoms with Crippen molar-refractivity contribution in [3.8, 4) is 0 Å². The Morgan fingerprint density at radius 3 is 2.62 bits per heavy atom. The van der Waals surface area contributed by atoms with Crippen molar-refractivity contribution < 1.29 is 9.21 Å². The molecule has 3 rings (SSSR count). The van der Waals surface area contributed by atoms with Crippen molar-refractivity contribution in [2.45, 2.75) is 26.4 Å².